The first kappa shape index (κ1) is 9.48. The normalized spacial score (nSPS) is 29.7. The average molecular weight is 210 g/mol. The molecule has 0 aliphatic heterocycles. The van der Waals surface area contributed by atoms with Crippen molar-refractivity contribution in [2.24, 2.45) is 5.92 Å². The Kier molecular flexibility index (Phi) is 2.01. The van der Waals surface area contributed by atoms with Crippen molar-refractivity contribution >= 4 is 11.6 Å². The van der Waals surface area contributed by atoms with Gasteiger partial charge in [-0.15, -0.1) is 0 Å². The van der Waals surface area contributed by atoms with Gasteiger partial charge in [-0.05, 0) is 24.1 Å². The van der Waals surface area contributed by atoms with Crippen LogP contribution in [0.3, 0.4) is 0 Å². The predicted molar refractivity (Wildman–Crippen MR) is 52.5 cm³/mol. The van der Waals surface area contributed by atoms with Crippen LogP contribution >= 0.6 is 11.6 Å². The predicted octanol–water partition coefficient (Wildman–Crippen LogP) is 3.28. The molecule has 0 amide bonds. The van der Waals surface area contributed by atoms with E-state index in [4.69, 9.17) is 16.9 Å². The highest BCUT2D eigenvalue weighted by Gasteiger charge is 2.51. The number of hydrogen-bond acceptors (Lipinski definition) is 1. The van der Waals surface area contributed by atoms with Crippen LogP contribution in [0.2, 0.25) is 5.02 Å². The molecule has 2 atom stereocenters. The van der Waals surface area contributed by atoms with Gasteiger partial charge in [0.1, 0.15) is 5.82 Å². The van der Waals surface area contributed by atoms with Crippen molar-refractivity contribution in [1.82, 2.24) is 0 Å². The van der Waals surface area contributed by atoms with Gasteiger partial charge in [0.15, 0.2) is 0 Å². The van der Waals surface area contributed by atoms with Crippen LogP contribution in [0.25, 0.3) is 0 Å². The maximum atomic E-state index is 12.9. The Morgan fingerprint density at radius 3 is 2.86 bits per heavy atom. The molecule has 72 valence electrons. The topological polar surface area (TPSA) is 23.8 Å². The Hall–Kier alpha value is -1.07. The lowest BCUT2D eigenvalue weighted by molar-refractivity contribution is 0.625. The molecule has 0 spiro atoms. The second-order valence-corrected chi connectivity index (χ2v) is 4.34. The summed E-state index contributed by atoms with van der Waals surface area (Å²) >= 11 is 5.68. The Morgan fingerprint density at radius 1 is 1.64 bits per heavy atom. The van der Waals surface area contributed by atoms with Gasteiger partial charge >= 0.3 is 0 Å². The summed E-state index contributed by atoms with van der Waals surface area (Å²) in [6, 6.07) is 6.91. The van der Waals surface area contributed by atoms with Crippen LogP contribution in [-0.4, -0.2) is 0 Å². The van der Waals surface area contributed by atoms with E-state index < -0.39 is 5.82 Å². The molecule has 3 heteroatoms. The van der Waals surface area contributed by atoms with Gasteiger partial charge in [-0.2, -0.15) is 5.26 Å². The van der Waals surface area contributed by atoms with Crippen molar-refractivity contribution in [3.05, 3.63) is 34.6 Å². The molecule has 1 saturated carbocycles. The first-order valence-corrected chi connectivity index (χ1v) is 4.81. The summed E-state index contributed by atoms with van der Waals surface area (Å²) < 4.78 is 12.9. The van der Waals surface area contributed by atoms with Crippen LogP contribution in [-0.2, 0) is 5.41 Å². The molecule has 14 heavy (non-hydrogen) atoms. The molecule has 1 aliphatic carbocycles. The molecule has 0 heterocycles. The molecule has 1 aromatic rings. The standard InChI is InChI=1S/C11H9ClFN/c1-11(5-8(11)6-14)7-2-3-10(13)9(12)4-7/h2-4,8H,5H2,1H3. The van der Waals surface area contributed by atoms with E-state index in [-0.39, 0.29) is 16.4 Å². The zero-order valence-electron chi connectivity index (χ0n) is 7.72. The zero-order valence-corrected chi connectivity index (χ0v) is 8.48. The van der Waals surface area contributed by atoms with E-state index in [9.17, 15) is 4.39 Å². The Bertz CT molecular complexity index is 424. The van der Waals surface area contributed by atoms with Crippen molar-refractivity contribution in [3.63, 3.8) is 0 Å². The van der Waals surface area contributed by atoms with Crippen LogP contribution in [0.4, 0.5) is 4.39 Å². The van der Waals surface area contributed by atoms with Gasteiger partial charge in [-0.25, -0.2) is 4.39 Å². The molecular formula is C11H9ClFN. The fourth-order valence-electron chi connectivity index (χ4n) is 1.72. The monoisotopic (exact) mass is 209 g/mol. The first-order chi connectivity index (χ1) is 6.58. The summed E-state index contributed by atoms with van der Waals surface area (Å²) in [5, 5.41) is 8.90. The second-order valence-electron chi connectivity index (χ2n) is 3.93. The van der Waals surface area contributed by atoms with Crippen molar-refractivity contribution in [2.75, 3.05) is 0 Å². The minimum absolute atomic E-state index is 0.0454. The van der Waals surface area contributed by atoms with Gasteiger partial charge in [0.25, 0.3) is 0 Å². The molecule has 0 N–H and O–H groups in total. The van der Waals surface area contributed by atoms with Gasteiger partial charge in [0.05, 0.1) is 17.0 Å². The highest BCUT2D eigenvalue weighted by atomic mass is 35.5. The smallest absolute Gasteiger partial charge is 0.141 e. The quantitative estimate of drug-likeness (QED) is 0.697. The van der Waals surface area contributed by atoms with Gasteiger partial charge in [0, 0.05) is 5.41 Å². The molecule has 2 rings (SSSR count). The highest BCUT2D eigenvalue weighted by Crippen LogP contribution is 2.53. The average Bonchev–Trinajstić information content (AvgIpc) is 2.83. The molecule has 1 aromatic carbocycles. The van der Waals surface area contributed by atoms with Crippen LogP contribution in [0.5, 0.6) is 0 Å². The molecule has 1 aliphatic rings. The maximum absolute atomic E-state index is 12.9. The van der Waals surface area contributed by atoms with E-state index in [1.807, 2.05) is 6.92 Å². The number of nitrogens with zero attached hydrogens (tertiary/aromatic N) is 1. The second kappa shape index (κ2) is 2.96. The molecule has 1 fully saturated rings. The van der Waals surface area contributed by atoms with E-state index in [1.54, 1.807) is 12.1 Å². The van der Waals surface area contributed by atoms with Crippen LogP contribution < -0.4 is 0 Å². The summed E-state index contributed by atoms with van der Waals surface area (Å²) in [7, 11) is 0. The zero-order chi connectivity index (χ0) is 10.3. The molecule has 0 radical (unpaired) electrons. The summed E-state index contributed by atoms with van der Waals surface area (Å²) in [5.41, 5.74) is 0.835. The number of nitriles is 1. The minimum Gasteiger partial charge on any atom is -0.205 e. The Balaban J connectivity index is 2.36. The Labute approximate surface area is 87.1 Å². The summed E-state index contributed by atoms with van der Waals surface area (Å²) in [5.74, 6) is -0.364. The lowest BCUT2D eigenvalue weighted by Crippen LogP contribution is -2.03. The van der Waals surface area contributed by atoms with E-state index >= 15 is 0 Å². The summed E-state index contributed by atoms with van der Waals surface area (Å²) in [6.07, 6.45) is 0.839. The summed E-state index contributed by atoms with van der Waals surface area (Å²) in [6.45, 7) is 2.00. The number of benzene rings is 1. The third-order valence-electron chi connectivity index (χ3n) is 2.97. The highest BCUT2D eigenvalue weighted by molar-refractivity contribution is 6.30. The lowest BCUT2D eigenvalue weighted by Gasteiger charge is -2.09. The minimum atomic E-state index is -0.409. The van der Waals surface area contributed by atoms with Crippen molar-refractivity contribution in [3.8, 4) is 6.07 Å². The largest absolute Gasteiger partial charge is 0.205 e. The SMILES string of the molecule is CC1(c2ccc(F)c(Cl)c2)CC1C#N. The van der Waals surface area contributed by atoms with Gasteiger partial charge in [0.2, 0.25) is 0 Å². The lowest BCUT2D eigenvalue weighted by atomic mass is 9.96. The van der Waals surface area contributed by atoms with Crippen molar-refractivity contribution in [1.29, 1.82) is 5.26 Å². The van der Waals surface area contributed by atoms with Crippen LogP contribution in [0.1, 0.15) is 18.9 Å². The maximum Gasteiger partial charge on any atom is 0.141 e. The van der Waals surface area contributed by atoms with Crippen LogP contribution in [0.15, 0.2) is 18.2 Å². The first-order valence-electron chi connectivity index (χ1n) is 4.43. The molecule has 0 aromatic heterocycles. The Morgan fingerprint density at radius 2 is 2.36 bits per heavy atom. The molecule has 2 unspecified atom stereocenters. The van der Waals surface area contributed by atoms with Gasteiger partial charge in [-0.3, -0.25) is 0 Å². The van der Waals surface area contributed by atoms with E-state index in [2.05, 4.69) is 6.07 Å². The molecule has 0 bridgehead atoms. The van der Waals surface area contributed by atoms with Crippen molar-refractivity contribution in [2.45, 2.75) is 18.8 Å². The van der Waals surface area contributed by atoms with Crippen LogP contribution in [0, 0.1) is 23.1 Å². The fourth-order valence-corrected chi connectivity index (χ4v) is 1.90. The van der Waals surface area contributed by atoms with E-state index in [0.717, 1.165) is 12.0 Å². The fraction of sp³-hybridized carbons (Fsp3) is 0.364. The molecular weight excluding hydrogens is 201 g/mol. The number of hydrogen-bond donors (Lipinski definition) is 0. The van der Waals surface area contributed by atoms with Crippen molar-refractivity contribution < 1.29 is 4.39 Å². The summed E-state index contributed by atoms with van der Waals surface area (Å²) in [4.78, 5) is 0. The third kappa shape index (κ3) is 1.29. The van der Waals surface area contributed by atoms with Gasteiger partial charge < -0.3 is 0 Å². The van der Waals surface area contributed by atoms with Gasteiger partial charge in [-0.1, -0.05) is 24.6 Å². The third-order valence-corrected chi connectivity index (χ3v) is 3.26. The van der Waals surface area contributed by atoms with E-state index in [0.29, 0.717) is 0 Å². The molecule has 0 saturated heterocycles. The number of rotatable bonds is 1. The number of halogens is 2. The van der Waals surface area contributed by atoms with E-state index in [1.165, 1.54) is 6.07 Å². The molecule has 1 nitrogen and oxygen atoms in total.